The molecular weight excluding hydrogens is 399 g/mol. The SMILES string of the molecule is C1CCNCC1.CNc1nc(-c2cnc3cc(OC)c(C4CC4)nn23)c(F)cc1CO. The molecule has 0 radical (unpaired) electrons. The molecule has 0 unspecified atom stereocenters. The Morgan fingerprint density at radius 1 is 1.26 bits per heavy atom. The second-order valence-electron chi connectivity index (χ2n) is 7.83. The largest absolute Gasteiger partial charge is 0.495 e. The number of aliphatic hydroxyl groups excluding tert-OH is 1. The van der Waals surface area contributed by atoms with Crippen LogP contribution in [0, 0.1) is 5.82 Å². The first-order chi connectivity index (χ1) is 15.2. The summed E-state index contributed by atoms with van der Waals surface area (Å²) < 4.78 is 21.6. The standard InChI is InChI=1S/C17H18FN5O2.C5H11N/c1-19-17-10(8-24)5-11(18)16(21-17)12-7-20-14-6-13(25-2)15(9-3-4-9)22-23(12)14;1-2-4-6-5-3-1/h5-7,9,24H,3-4,8H2,1-2H3,(H,19,21);6H,1-5H2. The molecule has 166 valence electrons. The van der Waals surface area contributed by atoms with Crippen molar-refractivity contribution in [1.82, 2.24) is 24.9 Å². The van der Waals surface area contributed by atoms with Gasteiger partial charge in [0.05, 0.1) is 19.9 Å². The molecule has 0 aromatic carbocycles. The van der Waals surface area contributed by atoms with Gasteiger partial charge in [0.2, 0.25) is 0 Å². The molecule has 2 aliphatic rings. The molecule has 2 fully saturated rings. The molecule has 5 rings (SSSR count). The maximum absolute atomic E-state index is 14.6. The first-order valence-electron chi connectivity index (χ1n) is 10.8. The molecule has 3 aromatic rings. The van der Waals surface area contributed by atoms with Crippen LogP contribution < -0.4 is 15.4 Å². The number of pyridine rings is 1. The van der Waals surface area contributed by atoms with E-state index in [1.807, 2.05) is 6.07 Å². The van der Waals surface area contributed by atoms with Crippen molar-refractivity contribution in [3.8, 4) is 17.1 Å². The number of aromatic nitrogens is 4. The summed E-state index contributed by atoms with van der Waals surface area (Å²) >= 11 is 0. The molecule has 1 aliphatic carbocycles. The van der Waals surface area contributed by atoms with Gasteiger partial charge in [-0.2, -0.15) is 5.10 Å². The van der Waals surface area contributed by atoms with E-state index in [9.17, 15) is 9.50 Å². The summed E-state index contributed by atoms with van der Waals surface area (Å²) in [6.07, 6.45) is 7.90. The van der Waals surface area contributed by atoms with Crippen molar-refractivity contribution in [2.45, 2.75) is 44.6 Å². The van der Waals surface area contributed by atoms with Crippen molar-refractivity contribution in [2.24, 2.45) is 0 Å². The molecule has 1 saturated heterocycles. The first-order valence-corrected chi connectivity index (χ1v) is 10.8. The topological polar surface area (TPSA) is 96.6 Å². The Bertz CT molecular complexity index is 1030. The molecular formula is C22H29FN6O2. The van der Waals surface area contributed by atoms with Crippen molar-refractivity contribution in [3.63, 3.8) is 0 Å². The predicted octanol–water partition coefficient (Wildman–Crippen LogP) is 3.11. The molecule has 0 amide bonds. The molecule has 0 bridgehead atoms. The van der Waals surface area contributed by atoms with Gasteiger partial charge < -0.3 is 20.5 Å². The Kier molecular flexibility index (Phi) is 6.62. The van der Waals surface area contributed by atoms with Gasteiger partial charge in [0, 0.05) is 24.6 Å². The zero-order valence-electron chi connectivity index (χ0n) is 18.0. The number of hydrogen-bond donors (Lipinski definition) is 3. The van der Waals surface area contributed by atoms with Crippen LogP contribution in [0.1, 0.15) is 49.3 Å². The van der Waals surface area contributed by atoms with Gasteiger partial charge in [-0.1, -0.05) is 6.42 Å². The van der Waals surface area contributed by atoms with Crippen molar-refractivity contribution in [3.05, 3.63) is 35.4 Å². The number of hydrogen-bond acceptors (Lipinski definition) is 7. The quantitative estimate of drug-likeness (QED) is 0.575. The van der Waals surface area contributed by atoms with Crippen LogP contribution in [0.15, 0.2) is 18.3 Å². The predicted molar refractivity (Wildman–Crippen MR) is 117 cm³/mol. The first kappa shape index (κ1) is 21.5. The summed E-state index contributed by atoms with van der Waals surface area (Å²) in [5.41, 5.74) is 2.41. The van der Waals surface area contributed by atoms with Gasteiger partial charge in [-0.05, 0) is 44.8 Å². The van der Waals surface area contributed by atoms with Crippen LogP contribution in [0.3, 0.4) is 0 Å². The minimum atomic E-state index is -0.532. The number of methoxy groups -OCH3 is 1. The lowest BCUT2D eigenvalue weighted by atomic mass is 10.2. The van der Waals surface area contributed by atoms with Gasteiger partial charge in [-0.25, -0.2) is 18.9 Å². The van der Waals surface area contributed by atoms with Crippen LogP contribution in [-0.4, -0.2) is 51.9 Å². The summed E-state index contributed by atoms with van der Waals surface area (Å²) in [6, 6.07) is 3.09. The number of rotatable bonds is 5. The summed E-state index contributed by atoms with van der Waals surface area (Å²) in [4.78, 5) is 8.62. The van der Waals surface area contributed by atoms with Gasteiger partial charge >= 0.3 is 0 Å². The van der Waals surface area contributed by atoms with E-state index in [2.05, 4.69) is 25.7 Å². The van der Waals surface area contributed by atoms with Gasteiger partial charge in [-0.15, -0.1) is 0 Å². The van der Waals surface area contributed by atoms with Crippen LogP contribution in [0.5, 0.6) is 5.75 Å². The van der Waals surface area contributed by atoms with Gasteiger partial charge in [0.15, 0.2) is 11.5 Å². The number of nitrogens with zero attached hydrogens (tertiary/aromatic N) is 4. The highest BCUT2D eigenvalue weighted by Crippen LogP contribution is 2.43. The molecule has 1 saturated carbocycles. The summed E-state index contributed by atoms with van der Waals surface area (Å²) in [5.74, 6) is 0.962. The Morgan fingerprint density at radius 3 is 2.58 bits per heavy atom. The van der Waals surface area contributed by atoms with Crippen molar-refractivity contribution >= 4 is 11.5 Å². The monoisotopic (exact) mass is 428 g/mol. The van der Waals surface area contributed by atoms with E-state index >= 15 is 0 Å². The Balaban J connectivity index is 0.000000334. The minimum Gasteiger partial charge on any atom is -0.495 e. The lowest BCUT2D eigenvalue weighted by molar-refractivity contribution is 0.281. The fourth-order valence-electron chi connectivity index (χ4n) is 3.72. The maximum atomic E-state index is 14.6. The van der Waals surface area contributed by atoms with Crippen LogP contribution in [0.2, 0.25) is 0 Å². The number of anilines is 1. The molecule has 9 heteroatoms. The maximum Gasteiger partial charge on any atom is 0.157 e. The molecule has 4 heterocycles. The molecule has 8 nitrogen and oxygen atoms in total. The highest BCUT2D eigenvalue weighted by molar-refractivity contribution is 5.64. The van der Waals surface area contributed by atoms with Crippen LogP contribution in [0.4, 0.5) is 10.2 Å². The molecule has 3 aromatic heterocycles. The fraction of sp³-hybridized carbons (Fsp3) is 0.500. The van der Waals surface area contributed by atoms with Crippen LogP contribution in [0.25, 0.3) is 17.0 Å². The summed E-state index contributed by atoms with van der Waals surface area (Å²) in [7, 11) is 3.28. The third kappa shape index (κ3) is 4.62. The molecule has 0 atom stereocenters. The second-order valence-corrected chi connectivity index (χ2v) is 7.83. The lowest BCUT2D eigenvalue weighted by Gasteiger charge is -2.11. The Hall–Kier alpha value is -2.78. The average molecular weight is 429 g/mol. The number of imidazole rings is 1. The summed E-state index contributed by atoms with van der Waals surface area (Å²) in [5, 5.41) is 20.1. The van der Waals surface area contributed by atoms with Crippen LogP contribution in [-0.2, 0) is 6.61 Å². The summed E-state index contributed by atoms with van der Waals surface area (Å²) in [6.45, 7) is 2.20. The van der Waals surface area contributed by atoms with Crippen LogP contribution >= 0.6 is 0 Å². The molecule has 1 aliphatic heterocycles. The third-order valence-corrected chi connectivity index (χ3v) is 5.58. The Labute approximate surface area is 180 Å². The van der Waals surface area contributed by atoms with E-state index in [1.165, 1.54) is 38.4 Å². The van der Waals surface area contributed by atoms with Crippen molar-refractivity contribution in [2.75, 3.05) is 32.6 Å². The van der Waals surface area contributed by atoms with Gasteiger partial charge in [0.25, 0.3) is 0 Å². The minimum absolute atomic E-state index is 0.133. The van der Waals surface area contributed by atoms with Gasteiger partial charge in [0.1, 0.15) is 28.6 Å². The third-order valence-electron chi connectivity index (χ3n) is 5.58. The van der Waals surface area contributed by atoms with Crippen molar-refractivity contribution < 1.29 is 14.2 Å². The number of ether oxygens (including phenoxy) is 1. The van der Waals surface area contributed by atoms with E-state index in [4.69, 9.17) is 4.74 Å². The zero-order chi connectivity index (χ0) is 21.8. The molecule has 31 heavy (non-hydrogen) atoms. The number of halogens is 1. The van der Waals surface area contributed by atoms with Crippen molar-refractivity contribution in [1.29, 1.82) is 0 Å². The Morgan fingerprint density at radius 2 is 2.03 bits per heavy atom. The highest BCUT2D eigenvalue weighted by Gasteiger charge is 2.30. The van der Waals surface area contributed by atoms with E-state index in [0.717, 1.165) is 18.5 Å². The lowest BCUT2D eigenvalue weighted by Crippen LogP contribution is -2.21. The average Bonchev–Trinajstić information content (AvgIpc) is 3.59. The van der Waals surface area contributed by atoms with E-state index in [-0.39, 0.29) is 12.3 Å². The van der Waals surface area contributed by atoms with E-state index in [1.54, 1.807) is 24.9 Å². The highest BCUT2D eigenvalue weighted by atomic mass is 19.1. The van der Waals surface area contributed by atoms with Gasteiger partial charge in [-0.3, -0.25) is 0 Å². The number of nitrogens with one attached hydrogen (secondary N) is 2. The van der Waals surface area contributed by atoms with E-state index < -0.39 is 5.82 Å². The molecule has 3 N–H and O–H groups in total. The zero-order valence-corrected chi connectivity index (χ0v) is 18.0. The number of aliphatic hydroxyl groups is 1. The number of fused-ring (bicyclic) bond motifs is 1. The number of piperidine rings is 1. The fourth-order valence-corrected chi connectivity index (χ4v) is 3.72. The smallest absolute Gasteiger partial charge is 0.157 e. The molecule has 0 spiro atoms. The normalized spacial score (nSPS) is 16.0. The second kappa shape index (κ2) is 9.57. The van der Waals surface area contributed by atoms with E-state index in [0.29, 0.717) is 34.4 Å².